The molecule has 0 radical (unpaired) electrons. The van der Waals surface area contributed by atoms with Gasteiger partial charge in [-0.1, -0.05) is 19.1 Å². The number of carbonyl (C=O) groups is 2. The normalized spacial score (nSPS) is 12.9. The Morgan fingerprint density at radius 1 is 1.21 bits per heavy atom. The number of ketones is 1. The van der Waals surface area contributed by atoms with Crippen molar-refractivity contribution in [2.75, 3.05) is 7.11 Å². The molecule has 0 aliphatic carbocycles. The highest BCUT2D eigenvalue weighted by Crippen LogP contribution is 2.29. The van der Waals surface area contributed by atoms with Crippen LogP contribution in [0, 0.1) is 5.92 Å². The second kappa shape index (κ2) is 5.86. The van der Waals surface area contributed by atoms with Crippen molar-refractivity contribution in [1.82, 2.24) is 0 Å². The van der Waals surface area contributed by atoms with E-state index in [4.69, 9.17) is 0 Å². The molecule has 104 valence electrons. The van der Waals surface area contributed by atoms with Crippen LogP contribution in [0.2, 0.25) is 0 Å². The number of esters is 1. The molecule has 0 spiro atoms. The van der Waals surface area contributed by atoms with Crippen molar-refractivity contribution >= 4 is 11.8 Å². The third kappa shape index (κ3) is 4.08. The summed E-state index contributed by atoms with van der Waals surface area (Å²) in [5.41, 5.74) is -0.672. The zero-order chi connectivity index (χ0) is 14.6. The fourth-order valence-corrected chi connectivity index (χ4v) is 1.53. The molecule has 19 heavy (non-hydrogen) atoms. The fraction of sp³-hybridized carbons (Fsp3) is 0.385. The van der Waals surface area contributed by atoms with Gasteiger partial charge in [0, 0.05) is 11.5 Å². The van der Waals surface area contributed by atoms with Crippen LogP contribution in [0.15, 0.2) is 24.3 Å². The molecule has 1 unspecified atom stereocenters. The van der Waals surface area contributed by atoms with Crippen molar-refractivity contribution in [3.05, 3.63) is 35.4 Å². The molecule has 0 N–H and O–H groups in total. The lowest BCUT2D eigenvalue weighted by atomic mass is 9.96. The van der Waals surface area contributed by atoms with Gasteiger partial charge in [-0.3, -0.25) is 9.59 Å². The summed E-state index contributed by atoms with van der Waals surface area (Å²) >= 11 is 0. The summed E-state index contributed by atoms with van der Waals surface area (Å²) in [6.45, 7) is 1.52. The Balaban J connectivity index is 2.81. The first-order valence-corrected chi connectivity index (χ1v) is 5.54. The molecule has 1 atom stereocenters. The summed E-state index contributed by atoms with van der Waals surface area (Å²) in [6.07, 6.45) is -4.53. The molecule has 0 bridgehead atoms. The minimum Gasteiger partial charge on any atom is -0.469 e. The summed E-state index contributed by atoms with van der Waals surface area (Å²) < 4.78 is 41.5. The maximum Gasteiger partial charge on any atom is 0.416 e. The number of benzene rings is 1. The van der Waals surface area contributed by atoms with E-state index in [1.807, 2.05) is 0 Å². The molecule has 0 heterocycles. The van der Waals surface area contributed by atoms with E-state index in [1.54, 1.807) is 0 Å². The summed E-state index contributed by atoms with van der Waals surface area (Å²) in [5.74, 6) is -1.56. The van der Waals surface area contributed by atoms with Gasteiger partial charge >= 0.3 is 12.1 Å². The van der Waals surface area contributed by atoms with E-state index in [-0.39, 0.29) is 17.8 Å². The maximum atomic E-state index is 12.4. The quantitative estimate of drug-likeness (QED) is 0.626. The predicted molar refractivity (Wildman–Crippen MR) is 61.6 cm³/mol. The van der Waals surface area contributed by atoms with Crippen molar-refractivity contribution in [3.63, 3.8) is 0 Å². The Morgan fingerprint density at radius 3 is 2.16 bits per heavy atom. The number of carbonyl (C=O) groups excluding carboxylic acids is 2. The van der Waals surface area contributed by atoms with Gasteiger partial charge in [0.25, 0.3) is 0 Å². The smallest absolute Gasteiger partial charge is 0.416 e. The minimum absolute atomic E-state index is 0.101. The zero-order valence-electron chi connectivity index (χ0n) is 10.5. The largest absolute Gasteiger partial charge is 0.469 e. The Bertz CT molecular complexity index is 463. The first-order valence-electron chi connectivity index (χ1n) is 5.54. The Labute approximate surface area is 108 Å². The molecule has 3 nitrogen and oxygen atoms in total. The van der Waals surface area contributed by atoms with Crippen LogP contribution in [0.1, 0.15) is 29.3 Å². The molecule has 1 aromatic carbocycles. The van der Waals surface area contributed by atoms with E-state index in [0.717, 1.165) is 24.3 Å². The summed E-state index contributed by atoms with van der Waals surface area (Å²) in [4.78, 5) is 22.9. The topological polar surface area (TPSA) is 43.4 Å². The number of rotatable bonds is 4. The van der Waals surface area contributed by atoms with Gasteiger partial charge < -0.3 is 4.74 Å². The van der Waals surface area contributed by atoms with Crippen LogP contribution in [0.4, 0.5) is 13.2 Å². The van der Waals surface area contributed by atoms with Crippen LogP contribution >= 0.6 is 0 Å². The predicted octanol–water partition coefficient (Wildman–Crippen LogP) is 3.09. The third-order valence-electron chi connectivity index (χ3n) is 2.64. The number of hydrogen-bond acceptors (Lipinski definition) is 3. The number of hydrogen-bond donors (Lipinski definition) is 0. The molecule has 0 aliphatic rings. The second-order valence-electron chi connectivity index (χ2n) is 4.12. The first kappa shape index (κ1) is 15.2. The van der Waals surface area contributed by atoms with Crippen molar-refractivity contribution in [3.8, 4) is 0 Å². The Morgan fingerprint density at radius 2 is 1.74 bits per heavy atom. The van der Waals surface area contributed by atoms with Crippen LogP contribution in [0.25, 0.3) is 0 Å². The second-order valence-corrected chi connectivity index (χ2v) is 4.12. The summed E-state index contributed by atoms with van der Waals surface area (Å²) in [5, 5.41) is 0. The highest BCUT2D eigenvalue weighted by molar-refractivity contribution is 5.99. The van der Waals surface area contributed by atoms with Crippen LogP contribution in [0.3, 0.4) is 0 Å². The molecule has 0 aromatic heterocycles. The fourth-order valence-electron chi connectivity index (χ4n) is 1.53. The highest BCUT2D eigenvalue weighted by Gasteiger charge is 2.30. The Hall–Kier alpha value is -1.85. The summed E-state index contributed by atoms with van der Waals surface area (Å²) in [7, 11) is 1.21. The third-order valence-corrected chi connectivity index (χ3v) is 2.64. The number of halogens is 3. The monoisotopic (exact) mass is 274 g/mol. The van der Waals surface area contributed by atoms with Crippen molar-refractivity contribution in [2.45, 2.75) is 19.5 Å². The van der Waals surface area contributed by atoms with Crippen molar-refractivity contribution in [1.29, 1.82) is 0 Å². The standard InChI is InChI=1S/C13H13F3O3/c1-8(7-11(17)19-2)12(18)9-3-5-10(6-4-9)13(14,15)16/h3-6,8H,7H2,1-2H3. The SMILES string of the molecule is COC(=O)CC(C)C(=O)c1ccc(C(F)(F)F)cc1. The van der Waals surface area contributed by atoms with Gasteiger partial charge in [-0.25, -0.2) is 0 Å². The van der Waals surface area contributed by atoms with Gasteiger partial charge in [-0.15, -0.1) is 0 Å². The van der Waals surface area contributed by atoms with Gasteiger partial charge in [-0.05, 0) is 12.1 Å². The molecular weight excluding hydrogens is 261 g/mol. The van der Waals surface area contributed by atoms with Gasteiger partial charge in [-0.2, -0.15) is 13.2 Å². The van der Waals surface area contributed by atoms with Crippen LogP contribution < -0.4 is 0 Å². The molecule has 1 rings (SSSR count). The van der Waals surface area contributed by atoms with E-state index >= 15 is 0 Å². The first-order chi connectivity index (χ1) is 8.75. The molecule has 0 fully saturated rings. The average molecular weight is 274 g/mol. The van der Waals surface area contributed by atoms with Crippen molar-refractivity contribution in [2.24, 2.45) is 5.92 Å². The lowest BCUT2D eigenvalue weighted by molar-refractivity contribution is -0.141. The van der Waals surface area contributed by atoms with E-state index in [1.165, 1.54) is 14.0 Å². The van der Waals surface area contributed by atoms with E-state index in [9.17, 15) is 22.8 Å². The van der Waals surface area contributed by atoms with Gasteiger partial charge in [0.2, 0.25) is 0 Å². The molecule has 0 amide bonds. The number of ether oxygens (including phenoxy) is 1. The minimum atomic E-state index is -4.43. The Kier molecular flexibility index (Phi) is 4.69. The van der Waals surface area contributed by atoms with E-state index < -0.39 is 23.6 Å². The van der Waals surface area contributed by atoms with Gasteiger partial charge in [0.1, 0.15) is 0 Å². The van der Waals surface area contributed by atoms with Crippen LogP contribution in [-0.2, 0) is 15.7 Å². The zero-order valence-corrected chi connectivity index (χ0v) is 10.5. The molecule has 0 saturated heterocycles. The average Bonchev–Trinajstić information content (AvgIpc) is 2.36. The molecule has 0 saturated carbocycles. The van der Waals surface area contributed by atoms with E-state index in [2.05, 4.69) is 4.74 Å². The van der Waals surface area contributed by atoms with Crippen molar-refractivity contribution < 1.29 is 27.5 Å². The molecule has 6 heteroatoms. The maximum absolute atomic E-state index is 12.4. The van der Waals surface area contributed by atoms with Crippen LogP contribution in [-0.4, -0.2) is 18.9 Å². The van der Waals surface area contributed by atoms with Gasteiger partial charge in [0.15, 0.2) is 5.78 Å². The molecule has 1 aromatic rings. The lowest BCUT2D eigenvalue weighted by Crippen LogP contribution is -2.17. The van der Waals surface area contributed by atoms with E-state index in [0.29, 0.717) is 0 Å². The number of Topliss-reactive ketones (excluding diaryl/α,β-unsaturated/α-hetero) is 1. The number of methoxy groups -OCH3 is 1. The van der Waals surface area contributed by atoms with Crippen LogP contribution in [0.5, 0.6) is 0 Å². The van der Waals surface area contributed by atoms with Gasteiger partial charge in [0.05, 0.1) is 19.1 Å². The lowest BCUT2D eigenvalue weighted by Gasteiger charge is -2.10. The highest BCUT2D eigenvalue weighted by atomic mass is 19.4. The molecule has 0 aliphatic heterocycles. The number of alkyl halides is 3. The summed E-state index contributed by atoms with van der Waals surface area (Å²) in [6, 6.07) is 3.91. The molecular formula is C13H13F3O3.